The van der Waals surface area contributed by atoms with Crippen LogP contribution in [0.4, 0.5) is 0 Å². The third-order valence-corrected chi connectivity index (χ3v) is 3.16. The van der Waals surface area contributed by atoms with E-state index in [2.05, 4.69) is 0 Å². The number of ether oxygens (including phenoxy) is 3. The molecule has 2 rings (SSSR count). The van der Waals surface area contributed by atoms with Crippen LogP contribution in [0.2, 0.25) is 0 Å². The van der Waals surface area contributed by atoms with Crippen molar-refractivity contribution >= 4 is 0 Å². The van der Waals surface area contributed by atoms with Crippen LogP contribution in [0.1, 0.15) is 0 Å². The topological polar surface area (TPSA) is 109 Å². The van der Waals surface area contributed by atoms with E-state index >= 15 is 0 Å². The number of para-hydroxylation sites is 2. The monoisotopic (exact) mass is 286 g/mol. The third kappa shape index (κ3) is 2.87. The van der Waals surface area contributed by atoms with Crippen molar-refractivity contribution in [1.29, 1.82) is 0 Å². The molecule has 1 aromatic rings. The fraction of sp³-hybridized carbons (Fsp3) is 0.538. The molecule has 1 aromatic carbocycles. The zero-order valence-electron chi connectivity index (χ0n) is 10.9. The average Bonchev–Trinajstić information content (AvgIpc) is 2.48. The molecular formula is C13H18O7. The summed E-state index contributed by atoms with van der Waals surface area (Å²) in [6.07, 6.45) is -6.55. The maximum Gasteiger partial charge on any atom is 0.229 e. The van der Waals surface area contributed by atoms with Crippen molar-refractivity contribution in [3.63, 3.8) is 0 Å². The van der Waals surface area contributed by atoms with Gasteiger partial charge in [-0.15, -0.1) is 0 Å². The molecule has 0 saturated carbocycles. The van der Waals surface area contributed by atoms with E-state index in [1.165, 1.54) is 7.11 Å². The SMILES string of the molecule is COc1ccccc1O[C@@H]1O[C@@H](CO)[C@@H](O)[C@@H](O)[C@H]1O. The molecule has 0 aromatic heterocycles. The highest BCUT2D eigenvalue weighted by atomic mass is 16.7. The molecule has 1 heterocycles. The van der Waals surface area contributed by atoms with Gasteiger partial charge < -0.3 is 34.6 Å². The number of aliphatic hydroxyl groups is 4. The van der Waals surface area contributed by atoms with Crippen molar-refractivity contribution in [3.8, 4) is 11.5 Å². The molecule has 1 aliphatic rings. The van der Waals surface area contributed by atoms with Crippen LogP contribution in [0, 0.1) is 0 Å². The minimum Gasteiger partial charge on any atom is -0.493 e. The van der Waals surface area contributed by atoms with Crippen LogP contribution in [0.15, 0.2) is 24.3 Å². The standard InChI is InChI=1S/C13H18O7/c1-18-7-4-2-3-5-8(7)19-13-12(17)11(16)10(15)9(6-14)20-13/h2-5,9-17H,6H2,1H3/t9-,10+,11+,12+,13+/m0/s1. The lowest BCUT2D eigenvalue weighted by molar-refractivity contribution is -0.277. The summed E-state index contributed by atoms with van der Waals surface area (Å²) in [6.45, 7) is -0.503. The van der Waals surface area contributed by atoms with Gasteiger partial charge in [-0.1, -0.05) is 12.1 Å². The van der Waals surface area contributed by atoms with Crippen LogP contribution in [0.25, 0.3) is 0 Å². The van der Waals surface area contributed by atoms with Crippen LogP contribution >= 0.6 is 0 Å². The lowest BCUT2D eigenvalue weighted by atomic mass is 9.99. The van der Waals surface area contributed by atoms with E-state index in [1.54, 1.807) is 24.3 Å². The van der Waals surface area contributed by atoms with Gasteiger partial charge in [-0.25, -0.2) is 0 Å². The Balaban J connectivity index is 2.15. The smallest absolute Gasteiger partial charge is 0.229 e. The second-order valence-corrected chi connectivity index (χ2v) is 4.47. The van der Waals surface area contributed by atoms with Crippen molar-refractivity contribution in [1.82, 2.24) is 0 Å². The van der Waals surface area contributed by atoms with E-state index in [-0.39, 0.29) is 0 Å². The van der Waals surface area contributed by atoms with Crippen LogP contribution in [-0.4, -0.2) is 64.8 Å². The summed E-state index contributed by atoms with van der Waals surface area (Å²) >= 11 is 0. The van der Waals surface area contributed by atoms with Crippen molar-refractivity contribution < 1.29 is 34.6 Å². The summed E-state index contributed by atoms with van der Waals surface area (Å²) in [7, 11) is 1.47. The molecule has 7 nitrogen and oxygen atoms in total. The largest absolute Gasteiger partial charge is 0.493 e. The van der Waals surface area contributed by atoms with Crippen molar-refractivity contribution in [2.24, 2.45) is 0 Å². The zero-order valence-corrected chi connectivity index (χ0v) is 10.9. The molecule has 0 spiro atoms. The van der Waals surface area contributed by atoms with Gasteiger partial charge in [0.1, 0.15) is 24.4 Å². The van der Waals surface area contributed by atoms with Crippen molar-refractivity contribution in [3.05, 3.63) is 24.3 Å². The summed E-state index contributed by atoms with van der Waals surface area (Å²) in [6, 6.07) is 6.74. The zero-order chi connectivity index (χ0) is 14.7. The maximum absolute atomic E-state index is 9.86. The molecule has 0 aliphatic carbocycles. The predicted octanol–water partition coefficient (Wildman–Crippen LogP) is -1.13. The Morgan fingerprint density at radius 2 is 1.70 bits per heavy atom. The Labute approximate surface area is 115 Å². The number of rotatable bonds is 4. The van der Waals surface area contributed by atoms with Gasteiger partial charge >= 0.3 is 0 Å². The van der Waals surface area contributed by atoms with Gasteiger partial charge in [0.05, 0.1) is 13.7 Å². The second-order valence-electron chi connectivity index (χ2n) is 4.47. The molecule has 112 valence electrons. The Hall–Kier alpha value is -1.38. The Bertz CT molecular complexity index is 436. The first kappa shape index (κ1) is 15.0. The summed E-state index contributed by atoms with van der Waals surface area (Å²) in [5.41, 5.74) is 0. The number of benzene rings is 1. The molecule has 20 heavy (non-hydrogen) atoms. The van der Waals surface area contributed by atoms with Crippen LogP contribution in [-0.2, 0) is 4.74 Å². The third-order valence-electron chi connectivity index (χ3n) is 3.16. The summed E-state index contributed by atoms with van der Waals surface area (Å²) in [5, 5.41) is 38.3. The molecule has 7 heteroatoms. The fourth-order valence-corrected chi connectivity index (χ4v) is 2.01. The molecule has 1 aliphatic heterocycles. The predicted molar refractivity (Wildman–Crippen MR) is 67.4 cm³/mol. The first-order valence-corrected chi connectivity index (χ1v) is 6.18. The van der Waals surface area contributed by atoms with E-state index in [0.29, 0.717) is 11.5 Å². The van der Waals surface area contributed by atoms with Crippen LogP contribution in [0.5, 0.6) is 11.5 Å². The summed E-state index contributed by atoms with van der Waals surface area (Å²) < 4.78 is 15.8. The highest BCUT2D eigenvalue weighted by molar-refractivity contribution is 5.39. The quantitative estimate of drug-likeness (QED) is 0.555. The molecular weight excluding hydrogens is 268 g/mol. The van der Waals surface area contributed by atoms with E-state index < -0.39 is 37.3 Å². The summed E-state index contributed by atoms with van der Waals surface area (Å²) in [4.78, 5) is 0. The van der Waals surface area contributed by atoms with Gasteiger partial charge in [-0.3, -0.25) is 0 Å². The normalized spacial score (nSPS) is 33.8. The first-order chi connectivity index (χ1) is 9.58. The van der Waals surface area contributed by atoms with Gasteiger partial charge in [0.2, 0.25) is 6.29 Å². The van der Waals surface area contributed by atoms with Crippen molar-refractivity contribution in [2.75, 3.05) is 13.7 Å². The molecule has 5 atom stereocenters. The van der Waals surface area contributed by atoms with Gasteiger partial charge in [0.25, 0.3) is 0 Å². The number of methoxy groups -OCH3 is 1. The second kappa shape index (κ2) is 6.38. The van der Waals surface area contributed by atoms with Gasteiger partial charge in [-0.2, -0.15) is 0 Å². The van der Waals surface area contributed by atoms with Gasteiger partial charge in [0, 0.05) is 0 Å². The van der Waals surface area contributed by atoms with E-state index in [9.17, 15) is 15.3 Å². The number of aliphatic hydroxyl groups excluding tert-OH is 4. The van der Waals surface area contributed by atoms with Crippen molar-refractivity contribution in [2.45, 2.75) is 30.7 Å². The first-order valence-electron chi connectivity index (χ1n) is 6.18. The fourth-order valence-electron chi connectivity index (χ4n) is 2.01. The van der Waals surface area contributed by atoms with Gasteiger partial charge in [-0.05, 0) is 12.1 Å². The molecule has 1 fully saturated rings. The summed E-state index contributed by atoms with van der Waals surface area (Å²) in [5.74, 6) is 0.754. The molecule has 0 radical (unpaired) electrons. The van der Waals surface area contributed by atoms with E-state index in [0.717, 1.165) is 0 Å². The molecule has 0 amide bonds. The molecule has 0 unspecified atom stereocenters. The molecule has 1 saturated heterocycles. The number of hydrogen-bond acceptors (Lipinski definition) is 7. The highest BCUT2D eigenvalue weighted by Crippen LogP contribution is 2.30. The highest BCUT2D eigenvalue weighted by Gasteiger charge is 2.44. The Morgan fingerprint density at radius 3 is 2.30 bits per heavy atom. The maximum atomic E-state index is 9.86. The minimum atomic E-state index is -1.47. The van der Waals surface area contributed by atoms with E-state index in [4.69, 9.17) is 19.3 Å². The van der Waals surface area contributed by atoms with Crippen LogP contribution < -0.4 is 9.47 Å². The lowest BCUT2D eigenvalue weighted by Crippen LogP contribution is -2.60. The number of hydrogen-bond donors (Lipinski definition) is 4. The Kier molecular flexibility index (Phi) is 4.79. The minimum absolute atomic E-state index is 0.319. The lowest BCUT2D eigenvalue weighted by Gasteiger charge is -2.39. The van der Waals surface area contributed by atoms with Crippen LogP contribution in [0.3, 0.4) is 0 Å². The average molecular weight is 286 g/mol. The molecule has 4 N–H and O–H groups in total. The Morgan fingerprint density at radius 1 is 1.05 bits per heavy atom. The molecule has 0 bridgehead atoms. The van der Waals surface area contributed by atoms with E-state index in [1.807, 2.05) is 0 Å². The van der Waals surface area contributed by atoms with Gasteiger partial charge in [0.15, 0.2) is 11.5 Å².